The first-order valence-corrected chi connectivity index (χ1v) is 6.78. The molecule has 1 fully saturated rings. The third kappa shape index (κ3) is 2.29. The van der Waals surface area contributed by atoms with E-state index in [1.807, 2.05) is 11.3 Å². The van der Waals surface area contributed by atoms with Crippen LogP contribution in [0.5, 0.6) is 0 Å². The van der Waals surface area contributed by atoms with Crippen molar-refractivity contribution < 1.29 is 0 Å². The number of likely N-dealkylation sites (tertiary alicyclic amines) is 1. The Morgan fingerprint density at radius 3 is 2.75 bits per heavy atom. The lowest BCUT2D eigenvalue weighted by atomic mass is 10.2. The smallest absolute Gasteiger partial charge is 0.0900 e. The zero-order chi connectivity index (χ0) is 11.7. The van der Waals surface area contributed by atoms with Crippen molar-refractivity contribution in [3.63, 3.8) is 0 Å². The molecule has 0 radical (unpaired) electrons. The number of hydrogen-bond donors (Lipinski definition) is 1. The summed E-state index contributed by atoms with van der Waals surface area (Å²) in [6.45, 7) is 8.88. The summed E-state index contributed by atoms with van der Waals surface area (Å²) in [6, 6.07) is 1.18. The second-order valence-corrected chi connectivity index (χ2v) is 5.86. The van der Waals surface area contributed by atoms with Crippen molar-refractivity contribution in [3.8, 4) is 0 Å². The minimum Gasteiger partial charge on any atom is -0.316 e. The molecule has 0 saturated carbocycles. The van der Waals surface area contributed by atoms with Crippen LogP contribution in [0.15, 0.2) is 0 Å². The van der Waals surface area contributed by atoms with Crippen LogP contribution >= 0.6 is 11.3 Å². The molecule has 1 aromatic rings. The molecule has 2 atom stereocenters. The number of hydrogen-bond acceptors (Lipinski definition) is 4. The second-order valence-electron chi connectivity index (χ2n) is 4.63. The number of thiazole rings is 1. The lowest BCUT2D eigenvalue weighted by molar-refractivity contribution is 0.259. The molecule has 1 aliphatic rings. The molecule has 4 heteroatoms. The van der Waals surface area contributed by atoms with Gasteiger partial charge < -0.3 is 5.32 Å². The molecule has 0 spiro atoms. The molecule has 1 aromatic heterocycles. The zero-order valence-electron chi connectivity index (χ0n) is 10.6. The maximum absolute atomic E-state index is 4.52. The molecule has 3 nitrogen and oxygen atoms in total. The fraction of sp³-hybridized carbons (Fsp3) is 0.750. The minimum absolute atomic E-state index is 0.518. The highest BCUT2D eigenvalue weighted by Gasteiger charge is 2.27. The van der Waals surface area contributed by atoms with Gasteiger partial charge in [-0.3, -0.25) is 4.90 Å². The zero-order valence-corrected chi connectivity index (χ0v) is 11.4. The Morgan fingerprint density at radius 1 is 1.50 bits per heavy atom. The highest BCUT2D eigenvalue weighted by molar-refractivity contribution is 7.11. The summed E-state index contributed by atoms with van der Waals surface area (Å²) in [4.78, 5) is 8.51. The number of nitrogens with one attached hydrogen (secondary N) is 1. The van der Waals surface area contributed by atoms with Gasteiger partial charge in [0.15, 0.2) is 0 Å². The van der Waals surface area contributed by atoms with Crippen LogP contribution in [0.4, 0.5) is 0 Å². The normalized spacial score (nSPS) is 23.9. The lowest BCUT2D eigenvalue weighted by Crippen LogP contribution is -2.31. The van der Waals surface area contributed by atoms with Gasteiger partial charge in [0.05, 0.1) is 10.7 Å². The summed E-state index contributed by atoms with van der Waals surface area (Å²) < 4.78 is 0. The van der Waals surface area contributed by atoms with Gasteiger partial charge in [-0.2, -0.15) is 0 Å². The predicted molar refractivity (Wildman–Crippen MR) is 69.0 cm³/mol. The SMILES string of the molecule is CNC1CCN(C(C)c2sc(C)nc2C)C1. The quantitative estimate of drug-likeness (QED) is 0.875. The molecule has 0 bridgehead atoms. The maximum atomic E-state index is 4.52. The van der Waals surface area contributed by atoms with Crippen LogP contribution < -0.4 is 5.32 Å². The highest BCUT2D eigenvalue weighted by Crippen LogP contribution is 2.31. The van der Waals surface area contributed by atoms with Crippen LogP contribution in [-0.2, 0) is 0 Å². The molecule has 16 heavy (non-hydrogen) atoms. The molecule has 1 aliphatic heterocycles. The monoisotopic (exact) mass is 239 g/mol. The summed E-state index contributed by atoms with van der Waals surface area (Å²) in [6.07, 6.45) is 1.26. The first kappa shape index (κ1) is 12.0. The standard InChI is InChI=1S/C12H21N3S/c1-8-12(16-10(3)14-8)9(2)15-6-5-11(7-15)13-4/h9,11,13H,5-7H2,1-4H3. The van der Waals surface area contributed by atoms with Gasteiger partial charge in [0.2, 0.25) is 0 Å². The van der Waals surface area contributed by atoms with Crippen LogP contribution in [0, 0.1) is 13.8 Å². The van der Waals surface area contributed by atoms with Crippen LogP contribution in [0.1, 0.15) is 35.0 Å². The Hall–Kier alpha value is -0.450. The topological polar surface area (TPSA) is 28.2 Å². The number of aromatic nitrogens is 1. The van der Waals surface area contributed by atoms with Crippen LogP contribution in [0.25, 0.3) is 0 Å². The molecular formula is C12H21N3S. The number of aryl methyl sites for hydroxylation is 2. The van der Waals surface area contributed by atoms with E-state index in [4.69, 9.17) is 0 Å². The third-order valence-corrected chi connectivity index (χ3v) is 4.74. The largest absolute Gasteiger partial charge is 0.316 e. The summed E-state index contributed by atoms with van der Waals surface area (Å²) in [5.41, 5.74) is 1.21. The van der Waals surface area contributed by atoms with Crippen LogP contribution in [-0.4, -0.2) is 36.1 Å². The molecule has 90 valence electrons. The summed E-state index contributed by atoms with van der Waals surface area (Å²) in [5, 5.41) is 4.55. The van der Waals surface area contributed by atoms with Gasteiger partial charge in [-0.15, -0.1) is 11.3 Å². The van der Waals surface area contributed by atoms with Gasteiger partial charge in [0.1, 0.15) is 0 Å². The average Bonchev–Trinajstić information content (AvgIpc) is 2.84. The van der Waals surface area contributed by atoms with E-state index in [0.717, 1.165) is 6.54 Å². The minimum atomic E-state index is 0.518. The van der Waals surface area contributed by atoms with E-state index in [1.165, 1.54) is 28.5 Å². The Bertz CT molecular complexity index is 361. The van der Waals surface area contributed by atoms with Crippen molar-refractivity contribution in [2.24, 2.45) is 0 Å². The van der Waals surface area contributed by atoms with Crippen molar-refractivity contribution in [2.75, 3.05) is 20.1 Å². The van der Waals surface area contributed by atoms with Gasteiger partial charge in [0, 0.05) is 30.1 Å². The van der Waals surface area contributed by atoms with Gasteiger partial charge in [0.25, 0.3) is 0 Å². The molecule has 0 aromatic carbocycles. The first-order chi connectivity index (χ1) is 7.61. The first-order valence-electron chi connectivity index (χ1n) is 5.97. The van der Waals surface area contributed by atoms with Crippen LogP contribution in [0.3, 0.4) is 0 Å². The molecular weight excluding hydrogens is 218 g/mol. The van der Waals surface area contributed by atoms with E-state index < -0.39 is 0 Å². The van der Waals surface area contributed by atoms with E-state index in [-0.39, 0.29) is 0 Å². The van der Waals surface area contributed by atoms with Crippen molar-refractivity contribution in [3.05, 3.63) is 15.6 Å². The average molecular weight is 239 g/mol. The second kappa shape index (κ2) is 4.82. The summed E-state index contributed by atoms with van der Waals surface area (Å²) >= 11 is 1.84. The molecule has 0 amide bonds. The van der Waals surface area contributed by atoms with E-state index in [9.17, 15) is 0 Å². The summed E-state index contributed by atoms with van der Waals surface area (Å²) in [5.74, 6) is 0. The number of rotatable bonds is 3. The maximum Gasteiger partial charge on any atom is 0.0900 e. The number of nitrogens with zero attached hydrogens (tertiary/aromatic N) is 2. The van der Waals surface area contributed by atoms with E-state index in [0.29, 0.717) is 12.1 Å². The fourth-order valence-electron chi connectivity index (χ4n) is 2.48. The Labute approximate surface area is 102 Å². The van der Waals surface area contributed by atoms with E-state index in [1.54, 1.807) is 0 Å². The Balaban J connectivity index is 2.08. The molecule has 0 aliphatic carbocycles. The number of likely N-dealkylation sites (N-methyl/N-ethyl adjacent to an activating group) is 1. The van der Waals surface area contributed by atoms with Crippen molar-refractivity contribution >= 4 is 11.3 Å². The molecule has 2 unspecified atom stereocenters. The van der Waals surface area contributed by atoms with Gasteiger partial charge >= 0.3 is 0 Å². The van der Waals surface area contributed by atoms with Gasteiger partial charge in [-0.25, -0.2) is 4.98 Å². The third-order valence-electron chi connectivity index (χ3n) is 3.49. The van der Waals surface area contributed by atoms with Crippen molar-refractivity contribution in [1.29, 1.82) is 0 Å². The van der Waals surface area contributed by atoms with E-state index in [2.05, 4.69) is 43.0 Å². The predicted octanol–water partition coefficient (Wildman–Crippen LogP) is 2.11. The van der Waals surface area contributed by atoms with Gasteiger partial charge in [-0.1, -0.05) is 0 Å². The van der Waals surface area contributed by atoms with Gasteiger partial charge in [-0.05, 0) is 34.2 Å². The summed E-state index contributed by atoms with van der Waals surface area (Å²) in [7, 11) is 2.06. The molecule has 1 saturated heterocycles. The fourth-order valence-corrected chi connectivity index (χ4v) is 3.49. The van der Waals surface area contributed by atoms with E-state index >= 15 is 0 Å². The van der Waals surface area contributed by atoms with Crippen molar-refractivity contribution in [2.45, 2.75) is 39.3 Å². The Morgan fingerprint density at radius 2 is 2.25 bits per heavy atom. The van der Waals surface area contributed by atoms with Crippen molar-refractivity contribution in [1.82, 2.24) is 15.2 Å². The van der Waals surface area contributed by atoms with Crippen LogP contribution in [0.2, 0.25) is 0 Å². The lowest BCUT2D eigenvalue weighted by Gasteiger charge is -2.23. The Kier molecular flexibility index (Phi) is 3.62. The highest BCUT2D eigenvalue weighted by atomic mass is 32.1. The molecule has 2 heterocycles. The molecule has 2 rings (SSSR count). The molecule has 1 N–H and O–H groups in total.